The Hall–Kier alpha value is -1.92. The smallest absolute Gasteiger partial charge is 0.251 e. The zero-order valence-corrected chi connectivity index (χ0v) is 12.8. The van der Waals surface area contributed by atoms with E-state index in [1.807, 2.05) is 6.07 Å². The van der Waals surface area contributed by atoms with Gasteiger partial charge in [-0.05, 0) is 37.5 Å². The summed E-state index contributed by atoms with van der Waals surface area (Å²) in [5, 5.41) is 5.61. The monoisotopic (exact) mass is 305 g/mol. The number of ether oxygens (including phenoxy) is 1. The minimum absolute atomic E-state index is 0.123. The number of amides is 2. The Morgan fingerprint density at radius 1 is 1.41 bits per heavy atom. The minimum Gasteiger partial charge on any atom is -0.376 e. The summed E-state index contributed by atoms with van der Waals surface area (Å²) < 4.78 is 5.48. The van der Waals surface area contributed by atoms with Crippen LogP contribution >= 0.6 is 0 Å². The molecule has 1 saturated heterocycles. The molecule has 1 aliphatic rings. The van der Waals surface area contributed by atoms with Crippen molar-refractivity contribution in [1.29, 1.82) is 0 Å². The van der Waals surface area contributed by atoms with Crippen molar-refractivity contribution in [2.75, 3.05) is 13.2 Å². The molecule has 0 bridgehead atoms. The van der Waals surface area contributed by atoms with Gasteiger partial charge in [-0.1, -0.05) is 12.1 Å². The molecule has 4 N–H and O–H groups in total. The molecular formula is C16H23N3O3. The minimum atomic E-state index is -0.544. The maximum atomic E-state index is 12.1. The van der Waals surface area contributed by atoms with Crippen LogP contribution in [0.2, 0.25) is 0 Å². The van der Waals surface area contributed by atoms with Crippen LogP contribution in [0.4, 0.5) is 0 Å². The van der Waals surface area contributed by atoms with Gasteiger partial charge in [0.15, 0.2) is 0 Å². The zero-order chi connectivity index (χ0) is 15.9. The fourth-order valence-corrected chi connectivity index (χ4v) is 2.29. The molecule has 2 amide bonds. The standard InChI is InChI=1S/C16H23N3O3/c1-11(17)15(20)18-9-12-4-2-5-13(8-12)16(21)19-10-14-6-3-7-22-14/h2,4-5,8,11,14H,3,6-7,9-10,17H2,1H3,(H,18,20)(H,19,21)/t11-,14?/m1/s1. The Kier molecular flexibility index (Phi) is 5.91. The van der Waals surface area contributed by atoms with Crippen LogP contribution in [0.3, 0.4) is 0 Å². The summed E-state index contributed by atoms with van der Waals surface area (Å²) in [6, 6.07) is 6.64. The molecule has 0 radical (unpaired) electrons. The SMILES string of the molecule is C[C@@H](N)C(=O)NCc1cccc(C(=O)NCC2CCCO2)c1. The second-order valence-corrected chi connectivity index (χ2v) is 5.55. The van der Waals surface area contributed by atoms with E-state index in [0.717, 1.165) is 25.0 Å². The maximum Gasteiger partial charge on any atom is 0.251 e. The first-order valence-electron chi connectivity index (χ1n) is 7.58. The van der Waals surface area contributed by atoms with Gasteiger partial charge >= 0.3 is 0 Å². The largest absolute Gasteiger partial charge is 0.376 e. The molecule has 22 heavy (non-hydrogen) atoms. The summed E-state index contributed by atoms with van der Waals surface area (Å²) in [4.78, 5) is 23.6. The first-order chi connectivity index (χ1) is 10.6. The van der Waals surface area contributed by atoms with Gasteiger partial charge in [-0.25, -0.2) is 0 Å². The Morgan fingerprint density at radius 2 is 2.23 bits per heavy atom. The number of hydrogen-bond donors (Lipinski definition) is 3. The topological polar surface area (TPSA) is 93.5 Å². The van der Waals surface area contributed by atoms with Crippen molar-refractivity contribution >= 4 is 11.8 Å². The molecule has 1 aromatic carbocycles. The first-order valence-corrected chi connectivity index (χ1v) is 7.58. The Balaban J connectivity index is 1.86. The van der Waals surface area contributed by atoms with Crippen LogP contribution in [0, 0.1) is 0 Å². The fourth-order valence-electron chi connectivity index (χ4n) is 2.29. The lowest BCUT2D eigenvalue weighted by Crippen LogP contribution is -2.37. The number of nitrogens with one attached hydrogen (secondary N) is 2. The van der Waals surface area contributed by atoms with E-state index >= 15 is 0 Å². The summed E-state index contributed by atoms with van der Waals surface area (Å²) in [6.07, 6.45) is 2.16. The highest BCUT2D eigenvalue weighted by Crippen LogP contribution is 2.11. The third-order valence-electron chi connectivity index (χ3n) is 3.58. The van der Waals surface area contributed by atoms with E-state index in [1.54, 1.807) is 25.1 Å². The molecule has 1 heterocycles. The average molecular weight is 305 g/mol. The van der Waals surface area contributed by atoms with Crippen LogP contribution in [-0.2, 0) is 16.1 Å². The second-order valence-electron chi connectivity index (χ2n) is 5.55. The summed E-state index contributed by atoms with van der Waals surface area (Å²) in [5.41, 5.74) is 6.92. The molecule has 0 aliphatic carbocycles. The van der Waals surface area contributed by atoms with Gasteiger partial charge in [0.25, 0.3) is 5.91 Å². The van der Waals surface area contributed by atoms with E-state index in [0.29, 0.717) is 18.7 Å². The first kappa shape index (κ1) is 16.5. The van der Waals surface area contributed by atoms with Gasteiger partial charge in [-0.15, -0.1) is 0 Å². The summed E-state index contributed by atoms with van der Waals surface area (Å²) in [7, 11) is 0. The normalized spacial score (nSPS) is 18.7. The van der Waals surface area contributed by atoms with Gasteiger partial charge in [0.2, 0.25) is 5.91 Å². The van der Waals surface area contributed by atoms with E-state index in [2.05, 4.69) is 10.6 Å². The highest BCUT2D eigenvalue weighted by Gasteiger charge is 2.16. The second kappa shape index (κ2) is 7.91. The van der Waals surface area contributed by atoms with Gasteiger partial charge in [0, 0.05) is 25.3 Å². The van der Waals surface area contributed by atoms with E-state index in [4.69, 9.17) is 10.5 Å². The predicted molar refractivity (Wildman–Crippen MR) is 83.2 cm³/mol. The summed E-state index contributed by atoms with van der Waals surface area (Å²) >= 11 is 0. The van der Waals surface area contributed by atoms with Crippen molar-refractivity contribution in [3.63, 3.8) is 0 Å². The molecule has 2 atom stereocenters. The number of rotatable bonds is 6. The van der Waals surface area contributed by atoms with Crippen molar-refractivity contribution in [2.45, 2.75) is 38.5 Å². The molecule has 6 nitrogen and oxygen atoms in total. The van der Waals surface area contributed by atoms with Crippen molar-refractivity contribution in [3.8, 4) is 0 Å². The Morgan fingerprint density at radius 3 is 2.91 bits per heavy atom. The molecule has 1 unspecified atom stereocenters. The van der Waals surface area contributed by atoms with Gasteiger partial charge in [-0.3, -0.25) is 9.59 Å². The molecule has 0 spiro atoms. The third kappa shape index (κ3) is 4.82. The van der Waals surface area contributed by atoms with Crippen LogP contribution in [0.1, 0.15) is 35.7 Å². The highest BCUT2D eigenvalue weighted by molar-refractivity contribution is 5.94. The van der Waals surface area contributed by atoms with Crippen molar-refractivity contribution in [3.05, 3.63) is 35.4 Å². The third-order valence-corrected chi connectivity index (χ3v) is 3.58. The molecule has 0 aromatic heterocycles. The molecule has 6 heteroatoms. The van der Waals surface area contributed by atoms with E-state index < -0.39 is 6.04 Å². The number of carbonyl (C=O) groups excluding carboxylic acids is 2. The molecule has 120 valence electrons. The van der Waals surface area contributed by atoms with Crippen LogP contribution in [-0.4, -0.2) is 37.1 Å². The zero-order valence-electron chi connectivity index (χ0n) is 12.8. The van der Waals surface area contributed by atoms with Crippen LogP contribution < -0.4 is 16.4 Å². The van der Waals surface area contributed by atoms with Gasteiger partial charge in [0.1, 0.15) is 0 Å². The lowest BCUT2D eigenvalue weighted by atomic mass is 10.1. The van der Waals surface area contributed by atoms with Crippen LogP contribution in [0.5, 0.6) is 0 Å². The van der Waals surface area contributed by atoms with Gasteiger partial charge in [-0.2, -0.15) is 0 Å². The fraction of sp³-hybridized carbons (Fsp3) is 0.500. The maximum absolute atomic E-state index is 12.1. The number of nitrogens with two attached hydrogens (primary N) is 1. The summed E-state index contributed by atoms with van der Waals surface area (Å²) in [5.74, 6) is -0.343. The molecule has 0 saturated carbocycles. The molecule has 1 aromatic rings. The van der Waals surface area contributed by atoms with E-state index in [1.165, 1.54) is 0 Å². The van der Waals surface area contributed by atoms with Crippen LogP contribution in [0.25, 0.3) is 0 Å². The van der Waals surface area contributed by atoms with Crippen molar-refractivity contribution in [1.82, 2.24) is 10.6 Å². The lowest BCUT2D eigenvalue weighted by Gasteiger charge is -2.12. The Labute approximate surface area is 130 Å². The van der Waals surface area contributed by atoms with Gasteiger partial charge in [0.05, 0.1) is 12.1 Å². The summed E-state index contributed by atoms with van der Waals surface area (Å²) in [6.45, 7) is 3.29. The van der Waals surface area contributed by atoms with E-state index in [9.17, 15) is 9.59 Å². The molecular weight excluding hydrogens is 282 g/mol. The Bertz CT molecular complexity index is 525. The lowest BCUT2D eigenvalue weighted by molar-refractivity contribution is -0.122. The number of benzene rings is 1. The molecule has 2 rings (SSSR count). The van der Waals surface area contributed by atoms with Crippen LogP contribution in [0.15, 0.2) is 24.3 Å². The average Bonchev–Trinajstić information content (AvgIpc) is 3.03. The number of carbonyl (C=O) groups is 2. The molecule has 1 fully saturated rings. The van der Waals surface area contributed by atoms with Crippen molar-refractivity contribution in [2.24, 2.45) is 5.73 Å². The number of hydrogen-bond acceptors (Lipinski definition) is 4. The van der Waals surface area contributed by atoms with E-state index in [-0.39, 0.29) is 17.9 Å². The quantitative estimate of drug-likeness (QED) is 0.716. The van der Waals surface area contributed by atoms with Gasteiger partial charge < -0.3 is 21.1 Å². The predicted octanol–water partition coefficient (Wildman–Crippen LogP) is 0.559. The van der Waals surface area contributed by atoms with Crippen molar-refractivity contribution < 1.29 is 14.3 Å². The highest BCUT2D eigenvalue weighted by atomic mass is 16.5. The molecule has 1 aliphatic heterocycles.